The molecule has 0 radical (unpaired) electrons. The number of hydrogen-bond donors (Lipinski definition) is 0. The van der Waals surface area contributed by atoms with E-state index in [1.807, 2.05) is 24.7 Å². The fourth-order valence-electron chi connectivity index (χ4n) is 1.03. The Balaban J connectivity index is 2.48. The summed E-state index contributed by atoms with van der Waals surface area (Å²) in [5.41, 5.74) is 2.93. The van der Waals surface area contributed by atoms with Gasteiger partial charge in [0.1, 0.15) is 6.26 Å². The summed E-state index contributed by atoms with van der Waals surface area (Å²) in [5.74, 6) is 0. The van der Waals surface area contributed by atoms with Crippen molar-refractivity contribution in [2.75, 3.05) is 0 Å². The van der Waals surface area contributed by atoms with Gasteiger partial charge >= 0.3 is 0 Å². The van der Waals surface area contributed by atoms with Gasteiger partial charge in [0.2, 0.25) is 0 Å². The fourth-order valence-corrected chi connectivity index (χ4v) is 1.03. The average Bonchev–Trinajstić information content (AvgIpc) is 2.61. The van der Waals surface area contributed by atoms with Gasteiger partial charge in [0.25, 0.3) is 0 Å². The number of aryl methyl sites for hydroxylation is 2. The van der Waals surface area contributed by atoms with E-state index in [1.54, 1.807) is 12.5 Å². The van der Waals surface area contributed by atoms with Crippen molar-refractivity contribution in [3.63, 3.8) is 0 Å². The molecule has 0 unspecified atom stereocenters. The van der Waals surface area contributed by atoms with Crippen molar-refractivity contribution in [2.45, 2.75) is 6.92 Å². The third-order valence-electron chi connectivity index (χ3n) is 1.84. The Labute approximate surface area is 69.8 Å². The Morgan fingerprint density at radius 1 is 1.50 bits per heavy atom. The van der Waals surface area contributed by atoms with Gasteiger partial charge in [-0.3, -0.25) is 4.68 Å². The molecule has 62 valence electrons. The van der Waals surface area contributed by atoms with Crippen molar-refractivity contribution < 1.29 is 4.52 Å². The Morgan fingerprint density at radius 2 is 2.33 bits per heavy atom. The minimum atomic E-state index is 0.899. The van der Waals surface area contributed by atoms with Gasteiger partial charge in [-0.05, 0) is 13.0 Å². The number of aromatic nitrogens is 3. The SMILES string of the molecule is Cc1cc(-c2cnoc2)nn1C. The lowest BCUT2D eigenvalue weighted by Gasteiger charge is -1.88. The van der Waals surface area contributed by atoms with E-state index in [0.29, 0.717) is 0 Å². The molecule has 0 aliphatic carbocycles. The molecule has 0 spiro atoms. The third kappa shape index (κ3) is 1.01. The van der Waals surface area contributed by atoms with E-state index >= 15 is 0 Å². The van der Waals surface area contributed by atoms with Crippen molar-refractivity contribution in [3.8, 4) is 11.3 Å². The normalized spacial score (nSPS) is 10.5. The number of nitrogens with zero attached hydrogens (tertiary/aromatic N) is 3. The summed E-state index contributed by atoms with van der Waals surface area (Å²) < 4.78 is 6.54. The molecule has 2 heterocycles. The molecule has 2 rings (SSSR count). The molecule has 0 aliphatic heterocycles. The molecule has 0 fully saturated rings. The summed E-state index contributed by atoms with van der Waals surface area (Å²) in [7, 11) is 1.91. The summed E-state index contributed by atoms with van der Waals surface area (Å²) in [6.07, 6.45) is 3.24. The van der Waals surface area contributed by atoms with Crippen molar-refractivity contribution in [1.82, 2.24) is 14.9 Å². The summed E-state index contributed by atoms with van der Waals surface area (Å²) in [6, 6.07) is 1.99. The maximum Gasteiger partial charge on any atom is 0.133 e. The zero-order chi connectivity index (χ0) is 8.55. The molecular weight excluding hydrogens is 154 g/mol. The Kier molecular flexibility index (Phi) is 1.46. The Morgan fingerprint density at radius 3 is 2.83 bits per heavy atom. The molecule has 12 heavy (non-hydrogen) atoms. The van der Waals surface area contributed by atoms with Gasteiger partial charge in [0, 0.05) is 12.7 Å². The first kappa shape index (κ1) is 7.09. The molecule has 2 aromatic rings. The summed E-state index contributed by atoms with van der Waals surface area (Å²) in [6.45, 7) is 2.00. The molecule has 0 aliphatic rings. The Bertz CT molecular complexity index is 355. The van der Waals surface area contributed by atoms with E-state index in [4.69, 9.17) is 4.52 Å². The molecule has 4 heteroatoms. The molecule has 0 bridgehead atoms. The van der Waals surface area contributed by atoms with Gasteiger partial charge in [-0.2, -0.15) is 5.10 Å². The Hall–Kier alpha value is -1.58. The largest absolute Gasteiger partial charge is 0.364 e. The molecule has 2 aromatic heterocycles. The van der Waals surface area contributed by atoms with Crippen LogP contribution in [0.5, 0.6) is 0 Å². The van der Waals surface area contributed by atoms with Gasteiger partial charge in [-0.25, -0.2) is 0 Å². The zero-order valence-electron chi connectivity index (χ0n) is 6.98. The minimum Gasteiger partial charge on any atom is -0.364 e. The van der Waals surface area contributed by atoms with Gasteiger partial charge < -0.3 is 4.52 Å². The van der Waals surface area contributed by atoms with E-state index in [1.165, 1.54) is 0 Å². The van der Waals surface area contributed by atoms with Crippen LogP contribution in [0.3, 0.4) is 0 Å². The highest BCUT2D eigenvalue weighted by atomic mass is 16.5. The summed E-state index contributed by atoms with van der Waals surface area (Å²) >= 11 is 0. The summed E-state index contributed by atoms with van der Waals surface area (Å²) in [5, 5.41) is 7.88. The van der Waals surface area contributed by atoms with Crippen molar-refractivity contribution in [1.29, 1.82) is 0 Å². The number of rotatable bonds is 1. The highest BCUT2D eigenvalue weighted by Gasteiger charge is 2.04. The summed E-state index contributed by atoms with van der Waals surface area (Å²) in [4.78, 5) is 0. The number of hydrogen-bond acceptors (Lipinski definition) is 3. The van der Waals surface area contributed by atoms with E-state index in [9.17, 15) is 0 Å². The smallest absolute Gasteiger partial charge is 0.133 e. The maximum absolute atomic E-state index is 4.72. The van der Waals surface area contributed by atoms with Crippen molar-refractivity contribution in [3.05, 3.63) is 24.2 Å². The molecule has 0 atom stereocenters. The van der Waals surface area contributed by atoms with E-state index < -0.39 is 0 Å². The van der Waals surface area contributed by atoms with Gasteiger partial charge in [-0.1, -0.05) is 5.16 Å². The quantitative estimate of drug-likeness (QED) is 0.638. The van der Waals surface area contributed by atoms with Gasteiger partial charge in [0.05, 0.1) is 17.5 Å². The minimum absolute atomic E-state index is 0.899. The van der Waals surface area contributed by atoms with E-state index in [2.05, 4.69) is 10.3 Å². The molecule has 0 saturated heterocycles. The molecule has 0 N–H and O–H groups in total. The predicted molar refractivity (Wildman–Crippen MR) is 43.4 cm³/mol. The standard InChI is InChI=1S/C8H9N3O/c1-6-3-8(10-11(6)2)7-4-9-12-5-7/h3-5H,1-2H3. The van der Waals surface area contributed by atoms with Crippen molar-refractivity contribution >= 4 is 0 Å². The highest BCUT2D eigenvalue weighted by Crippen LogP contribution is 2.16. The second-order valence-electron chi connectivity index (χ2n) is 2.71. The van der Waals surface area contributed by atoms with Crippen LogP contribution in [0.4, 0.5) is 0 Å². The average molecular weight is 163 g/mol. The molecule has 4 nitrogen and oxygen atoms in total. The fraction of sp³-hybridized carbons (Fsp3) is 0.250. The van der Waals surface area contributed by atoms with Gasteiger partial charge in [0.15, 0.2) is 0 Å². The monoisotopic (exact) mass is 163 g/mol. The first-order chi connectivity index (χ1) is 5.77. The second kappa shape index (κ2) is 2.48. The van der Waals surface area contributed by atoms with Crippen LogP contribution in [0.1, 0.15) is 5.69 Å². The topological polar surface area (TPSA) is 43.9 Å². The van der Waals surface area contributed by atoms with Crippen LogP contribution in [-0.2, 0) is 7.05 Å². The van der Waals surface area contributed by atoms with Crippen LogP contribution in [0.2, 0.25) is 0 Å². The van der Waals surface area contributed by atoms with E-state index in [-0.39, 0.29) is 0 Å². The lowest BCUT2D eigenvalue weighted by molar-refractivity contribution is 0.420. The van der Waals surface area contributed by atoms with Crippen LogP contribution in [0, 0.1) is 6.92 Å². The molecule has 0 aromatic carbocycles. The second-order valence-corrected chi connectivity index (χ2v) is 2.71. The zero-order valence-corrected chi connectivity index (χ0v) is 6.98. The first-order valence-corrected chi connectivity index (χ1v) is 3.68. The van der Waals surface area contributed by atoms with Crippen LogP contribution in [0.15, 0.2) is 23.0 Å². The van der Waals surface area contributed by atoms with Crippen LogP contribution < -0.4 is 0 Å². The van der Waals surface area contributed by atoms with Crippen LogP contribution in [0.25, 0.3) is 11.3 Å². The maximum atomic E-state index is 4.72. The predicted octanol–water partition coefficient (Wildman–Crippen LogP) is 1.38. The lowest BCUT2D eigenvalue weighted by atomic mass is 10.2. The molecule has 0 amide bonds. The van der Waals surface area contributed by atoms with Gasteiger partial charge in [-0.15, -0.1) is 0 Å². The van der Waals surface area contributed by atoms with Crippen LogP contribution in [-0.4, -0.2) is 14.9 Å². The third-order valence-corrected chi connectivity index (χ3v) is 1.84. The van der Waals surface area contributed by atoms with E-state index in [0.717, 1.165) is 17.0 Å². The molecule has 0 saturated carbocycles. The molecular formula is C8H9N3O. The lowest BCUT2D eigenvalue weighted by Crippen LogP contribution is -1.91. The van der Waals surface area contributed by atoms with Crippen molar-refractivity contribution in [2.24, 2.45) is 7.05 Å². The van der Waals surface area contributed by atoms with Crippen LogP contribution >= 0.6 is 0 Å². The highest BCUT2D eigenvalue weighted by molar-refractivity contribution is 5.56. The first-order valence-electron chi connectivity index (χ1n) is 3.68.